The van der Waals surface area contributed by atoms with Crippen LogP contribution in [0.15, 0.2) is 42.5 Å². The van der Waals surface area contributed by atoms with Crippen molar-refractivity contribution in [1.29, 1.82) is 0 Å². The fourth-order valence-corrected chi connectivity index (χ4v) is 2.16. The minimum atomic E-state index is -0.167. The molecule has 0 aromatic heterocycles. The van der Waals surface area contributed by atoms with E-state index in [4.69, 9.17) is 4.74 Å². The van der Waals surface area contributed by atoms with Crippen LogP contribution in [0, 0.1) is 5.82 Å². The van der Waals surface area contributed by atoms with Gasteiger partial charge in [-0.3, -0.25) is 0 Å². The largest absolute Gasteiger partial charge is 0.384 e. The Morgan fingerprint density at radius 3 is 2.40 bits per heavy atom. The maximum absolute atomic E-state index is 13.6. The predicted octanol–water partition coefficient (Wildman–Crippen LogP) is 3.40. The van der Waals surface area contributed by atoms with E-state index in [-0.39, 0.29) is 5.82 Å². The molecule has 0 atom stereocenters. The lowest BCUT2D eigenvalue weighted by molar-refractivity contribution is 0.202. The van der Waals surface area contributed by atoms with Crippen LogP contribution in [0.5, 0.6) is 0 Å². The second-order valence-electron chi connectivity index (χ2n) is 4.78. The molecule has 2 rings (SSSR count). The molecule has 0 radical (unpaired) electrons. The summed E-state index contributed by atoms with van der Waals surface area (Å²) in [6.45, 7) is 1.26. The van der Waals surface area contributed by atoms with E-state index in [0.29, 0.717) is 12.1 Å². The molecule has 0 aliphatic carbocycles. The average Bonchev–Trinajstić information content (AvgIpc) is 2.48. The van der Waals surface area contributed by atoms with Gasteiger partial charge in [-0.1, -0.05) is 30.3 Å². The molecule has 0 saturated heterocycles. The highest BCUT2D eigenvalue weighted by Gasteiger charge is 2.04. The first-order valence-electron chi connectivity index (χ1n) is 6.76. The second-order valence-corrected chi connectivity index (χ2v) is 4.78. The highest BCUT2D eigenvalue weighted by molar-refractivity contribution is 5.64. The van der Waals surface area contributed by atoms with Gasteiger partial charge in [0.15, 0.2) is 0 Å². The molecule has 0 amide bonds. The number of hydrogen-bond acceptors (Lipinski definition) is 2. The first-order chi connectivity index (χ1) is 9.74. The van der Waals surface area contributed by atoms with E-state index in [1.54, 1.807) is 7.11 Å². The Hall–Kier alpha value is -1.71. The van der Waals surface area contributed by atoms with Crippen molar-refractivity contribution in [3.63, 3.8) is 0 Å². The molecule has 2 nitrogen and oxygen atoms in total. The summed E-state index contributed by atoms with van der Waals surface area (Å²) in [4.78, 5) is 0. The molecule has 106 valence electrons. The van der Waals surface area contributed by atoms with Crippen LogP contribution < -0.4 is 5.32 Å². The zero-order valence-electron chi connectivity index (χ0n) is 11.9. The third-order valence-corrected chi connectivity index (χ3v) is 3.30. The molecule has 0 heterocycles. The molecular weight excluding hydrogens is 253 g/mol. The van der Waals surface area contributed by atoms with Crippen LogP contribution in [0.1, 0.15) is 11.1 Å². The summed E-state index contributed by atoms with van der Waals surface area (Å²) >= 11 is 0. The van der Waals surface area contributed by atoms with E-state index in [9.17, 15) is 4.39 Å². The molecule has 0 spiro atoms. The number of hydrogen-bond donors (Lipinski definition) is 1. The van der Waals surface area contributed by atoms with Gasteiger partial charge in [0.2, 0.25) is 0 Å². The van der Waals surface area contributed by atoms with E-state index < -0.39 is 0 Å². The summed E-state index contributed by atoms with van der Waals surface area (Å²) in [6.07, 6.45) is 0.908. The van der Waals surface area contributed by atoms with E-state index in [1.165, 1.54) is 11.6 Å². The monoisotopic (exact) mass is 273 g/mol. The van der Waals surface area contributed by atoms with Crippen molar-refractivity contribution in [2.45, 2.75) is 13.0 Å². The number of methoxy groups -OCH3 is 1. The highest BCUT2D eigenvalue weighted by Crippen LogP contribution is 2.22. The molecule has 0 aliphatic rings. The van der Waals surface area contributed by atoms with Crippen LogP contribution in [-0.2, 0) is 17.7 Å². The van der Waals surface area contributed by atoms with Gasteiger partial charge in [0, 0.05) is 19.2 Å². The number of ether oxygens (including phenoxy) is 1. The Morgan fingerprint density at radius 1 is 1.05 bits per heavy atom. The number of benzene rings is 2. The Bertz CT molecular complexity index is 551. The molecule has 1 N–H and O–H groups in total. The first kappa shape index (κ1) is 14.7. The van der Waals surface area contributed by atoms with E-state index >= 15 is 0 Å². The SMILES string of the molecule is CNCc1cc(-c2ccc(CCOC)cc2)ccc1F. The molecule has 0 aliphatic heterocycles. The Kier molecular flexibility index (Phi) is 5.27. The third-order valence-electron chi connectivity index (χ3n) is 3.30. The summed E-state index contributed by atoms with van der Waals surface area (Å²) in [5.74, 6) is -0.167. The summed E-state index contributed by atoms with van der Waals surface area (Å²) < 4.78 is 18.7. The number of nitrogens with one attached hydrogen (secondary N) is 1. The summed E-state index contributed by atoms with van der Waals surface area (Å²) in [5.41, 5.74) is 4.07. The molecule has 0 fully saturated rings. The number of rotatable bonds is 6. The zero-order chi connectivity index (χ0) is 14.4. The minimum absolute atomic E-state index is 0.167. The normalized spacial score (nSPS) is 10.8. The van der Waals surface area contributed by atoms with Crippen LogP contribution >= 0.6 is 0 Å². The molecule has 0 saturated carbocycles. The fraction of sp³-hybridized carbons (Fsp3) is 0.294. The van der Waals surface area contributed by atoms with Gasteiger partial charge >= 0.3 is 0 Å². The molecule has 0 unspecified atom stereocenters. The molecular formula is C17H20FNO. The van der Waals surface area contributed by atoms with E-state index in [0.717, 1.165) is 24.2 Å². The Balaban J connectivity index is 2.20. The van der Waals surface area contributed by atoms with Gasteiger partial charge in [0.25, 0.3) is 0 Å². The standard InChI is InChI=1S/C17H20FNO/c1-19-12-16-11-15(7-8-17(16)18)14-5-3-13(4-6-14)9-10-20-2/h3-8,11,19H,9-10,12H2,1-2H3. The third kappa shape index (κ3) is 3.65. The van der Waals surface area contributed by atoms with Crippen molar-refractivity contribution in [2.24, 2.45) is 0 Å². The highest BCUT2D eigenvalue weighted by atomic mass is 19.1. The molecule has 0 bridgehead atoms. The van der Waals surface area contributed by atoms with Gasteiger partial charge in [0.1, 0.15) is 5.82 Å². The molecule has 3 heteroatoms. The summed E-state index contributed by atoms with van der Waals surface area (Å²) in [7, 11) is 3.52. The zero-order valence-corrected chi connectivity index (χ0v) is 11.9. The van der Waals surface area contributed by atoms with Gasteiger partial charge in [0.05, 0.1) is 6.61 Å². The van der Waals surface area contributed by atoms with Crippen molar-refractivity contribution in [3.8, 4) is 11.1 Å². The van der Waals surface area contributed by atoms with Crippen molar-refractivity contribution < 1.29 is 9.13 Å². The quantitative estimate of drug-likeness (QED) is 0.871. The summed E-state index contributed by atoms with van der Waals surface area (Å²) in [6, 6.07) is 13.6. The van der Waals surface area contributed by atoms with Crippen molar-refractivity contribution in [2.75, 3.05) is 20.8 Å². The van der Waals surface area contributed by atoms with Crippen LogP contribution in [-0.4, -0.2) is 20.8 Å². The molecule has 2 aromatic carbocycles. The Morgan fingerprint density at radius 2 is 1.75 bits per heavy atom. The second kappa shape index (κ2) is 7.17. The summed E-state index contributed by atoms with van der Waals surface area (Å²) in [5, 5.41) is 2.98. The fourth-order valence-electron chi connectivity index (χ4n) is 2.16. The lowest BCUT2D eigenvalue weighted by atomic mass is 10.0. The molecule has 2 aromatic rings. The topological polar surface area (TPSA) is 21.3 Å². The van der Waals surface area contributed by atoms with Crippen LogP contribution in [0.3, 0.4) is 0 Å². The minimum Gasteiger partial charge on any atom is -0.384 e. The molecule has 20 heavy (non-hydrogen) atoms. The lowest BCUT2D eigenvalue weighted by Crippen LogP contribution is -2.07. The van der Waals surface area contributed by atoms with Gasteiger partial charge in [-0.15, -0.1) is 0 Å². The Labute approximate surface area is 119 Å². The van der Waals surface area contributed by atoms with Crippen LogP contribution in [0.2, 0.25) is 0 Å². The maximum atomic E-state index is 13.6. The van der Waals surface area contributed by atoms with Crippen molar-refractivity contribution in [1.82, 2.24) is 5.32 Å². The maximum Gasteiger partial charge on any atom is 0.127 e. The average molecular weight is 273 g/mol. The van der Waals surface area contributed by atoms with Gasteiger partial charge in [-0.25, -0.2) is 4.39 Å². The number of halogens is 1. The van der Waals surface area contributed by atoms with Gasteiger partial charge in [-0.05, 0) is 42.3 Å². The van der Waals surface area contributed by atoms with Crippen molar-refractivity contribution in [3.05, 3.63) is 59.4 Å². The smallest absolute Gasteiger partial charge is 0.127 e. The van der Waals surface area contributed by atoms with Crippen LogP contribution in [0.25, 0.3) is 11.1 Å². The van der Waals surface area contributed by atoms with Crippen LogP contribution in [0.4, 0.5) is 4.39 Å². The van der Waals surface area contributed by atoms with Gasteiger partial charge in [-0.2, -0.15) is 0 Å². The van der Waals surface area contributed by atoms with Gasteiger partial charge < -0.3 is 10.1 Å². The first-order valence-corrected chi connectivity index (χ1v) is 6.76. The van der Waals surface area contributed by atoms with Crippen molar-refractivity contribution >= 4 is 0 Å². The lowest BCUT2D eigenvalue weighted by Gasteiger charge is -2.08. The predicted molar refractivity (Wildman–Crippen MR) is 80.2 cm³/mol. The van der Waals surface area contributed by atoms with E-state index in [1.807, 2.05) is 19.2 Å². The van der Waals surface area contributed by atoms with E-state index in [2.05, 4.69) is 29.6 Å².